The largest absolute Gasteiger partial charge is 0.497 e. The predicted octanol–water partition coefficient (Wildman–Crippen LogP) is 3.23. The van der Waals surface area contributed by atoms with E-state index < -0.39 is 0 Å². The Morgan fingerprint density at radius 2 is 1.94 bits per heavy atom. The second-order valence-corrected chi connectivity index (χ2v) is 4.17. The minimum Gasteiger partial charge on any atom is -0.497 e. The average Bonchev–Trinajstić information content (AvgIpc) is 2.54. The van der Waals surface area contributed by atoms with Gasteiger partial charge in [-0.2, -0.15) is 0 Å². The van der Waals surface area contributed by atoms with Crippen molar-refractivity contribution in [3.8, 4) is 17.2 Å². The molecule has 0 unspecified atom stereocenters. The highest BCUT2D eigenvalue weighted by Crippen LogP contribution is 2.35. The molecule has 0 aromatic heterocycles. The molecule has 1 aliphatic rings. The highest BCUT2D eigenvalue weighted by atomic mass is 16.5. The fourth-order valence-electron chi connectivity index (χ4n) is 2.08. The molecule has 0 spiro atoms. The number of ether oxygens (including phenoxy) is 2. The standard InChI is InChI=1S/C15H12O3/c1-17-11-7-6-10-8-13(16)12-4-2-3-5-14(12)18-15(10)9-11/h2-7,9H,8H2,1H3. The van der Waals surface area contributed by atoms with Crippen molar-refractivity contribution in [3.05, 3.63) is 53.6 Å². The van der Waals surface area contributed by atoms with Gasteiger partial charge in [0.2, 0.25) is 0 Å². The first kappa shape index (κ1) is 10.8. The first-order chi connectivity index (χ1) is 8.78. The Morgan fingerprint density at radius 1 is 1.11 bits per heavy atom. The van der Waals surface area contributed by atoms with Gasteiger partial charge in [-0.1, -0.05) is 18.2 Å². The fourth-order valence-corrected chi connectivity index (χ4v) is 2.08. The molecule has 3 heteroatoms. The molecule has 2 aromatic carbocycles. The normalized spacial score (nSPS) is 13.1. The second-order valence-electron chi connectivity index (χ2n) is 4.17. The lowest BCUT2D eigenvalue weighted by Gasteiger charge is -2.09. The van der Waals surface area contributed by atoms with Crippen LogP contribution in [0.5, 0.6) is 17.2 Å². The molecule has 0 saturated heterocycles. The molecule has 2 aromatic rings. The molecule has 1 heterocycles. The molecule has 3 nitrogen and oxygen atoms in total. The van der Waals surface area contributed by atoms with Gasteiger partial charge in [0, 0.05) is 18.1 Å². The van der Waals surface area contributed by atoms with Crippen LogP contribution in [0, 0.1) is 0 Å². The highest BCUT2D eigenvalue weighted by molar-refractivity contribution is 6.01. The van der Waals surface area contributed by atoms with Crippen LogP contribution in [0.3, 0.4) is 0 Å². The number of fused-ring (bicyclic) bond motifs is 2. The van der Waals surface area contributed by atoms with Gasteiger partial charge in [-0.15, -0.1) is 0 Å². The molecule has 0 N–H and O–H groups in total. The zero-order valence-corrected chi connectivity index (χ0v) is 9.97. The van der Waals surface area contributed by atoms with Gasteiger partial charge >= 0.3 is 0 Å². The molecule has 0 saturated carbocycles. The van der Waals surface area contributed by atoms with Crippen molar-refractivity contribution >= 4 is 5.78 Å². The van der Waals surface area contributed by atoms with Crippen LogP contribution in [0.15, 0.2) is 42.5 Å². The second kappa shape index (κ2) is 4.18. The molecule has 0 radical (unpaired) electrons. The van der Waals surface area contributed by atoms with E-state index in [1.807, 2.05) is 36.4 Å². The third kappa shape index (κ3) is 1.74. The molecule has 0 bridgehead atoms. The van der Waals surface area contributed by atoms with Crippen molar-refractivity contribution in [2.75, 3.05) is 7.11 Å². The molecule has 0 aliphatic carbocycles. The zero-order valence-electron chi connectivity index (χ0n) is 9.97. The summed E-state index contributed by atoms with van der Waals surface area (Å²) in [6.45, 7) is 0. The Labute approximate surface area is 105 Å². The van der Waals surface area contributed by atoms with E-state index in [0.29, 0.717) is 23.5 Å². The number of hydrogen-bond donors (Lipinski definition) is 0. The highest BCUT2D eigenvalue weighted by Gasteiger charge is 2.20. The Balaban J connectivity index is 2.13. The molecule has 3 rings (SSSR count). The van der Waals surface area contributed by atoms with E-state index in [2.05, 4.69) is 0 Å². The zero-order chi connectivity index (χ0) is 12.5. The van der Waals surface area contributed by atoms with Gasteiger partial charge in [0.05, 0.1) is 12.7 Å². The van der Waals surface area contributed by atoms with Crippen LogP contribution in [-0.2, 0) is 6.42 Å². The van der Waals surface area contributed by atoms with Gasteiger partial charge in [-0.3, -0.25) is 4.79 Å². The minimum absolute atomic E-state index is 0.0783. The lowest BCUT2D eigenvalue weighted by Crippen LogP contribution is -2.01. The SMILES string of the molecule is COc1ccc2c(c1)Oc1ccccc1C(=O)C2. The first-order valence-electron chi connectivity index (χ1n) is 5.75. The van der Waals surface area contributed by atoms with E-state index >= 15 is 0 Å². The summed E-state index contributed by atoms with van der Waals surface area (Å²) < 4.78 is 11.0. The van der Waals surface area contributed by atoms with E-state index in [1.165, 1.54) is 0 Å². The summed E-state index contributed by atoms with van der Waals surface area (Å²) in [4.78, 5) is 12.1. The minimum atomic E-state index is 0.0783. The van der Waals surface area contributed by atoms with Crippen molar-refractivity contribution < 1.29 is 14.3 Å². The monoisotopic (exact) mass is 240 g/mol. The molecule has 18 heavy (non-hydrogen) atoms. The van der Waals surface area contributed by atoms with Gasteiger partial charge in [-0.05, 0) is 18.2 Å². The van der Waals surface area contributed by atoms with E-state index in [4.69, 9.17) is 9.47 Å². The molecule has 0 fully saturated rings. The predicted molar refractivity (Wildman–Crippen MR) is 67.5 cm³/mol. The number of rotatable bonds is 1. The van der Waals surface area contributed by atoms with Gasteiger partial charge < -0.3 is 9.47 Å². The van der Waals surface area contributed by atoms with Crippen LogP contribution in [-0.4, -0.2) is 12.9 Å². The summed E-state index contributed by atoms with van der Waals surface area (Å²) in [5.74, 6) is 2.09. The van der Waals surface area contributed by atoms with E-state index in [1.54, 1.807) is 13.2 Å². The average molecular weight is 240 g/mol. The van der Waals surface area contributed by atoms with Crippen LogP contribution < -0.4 is 9.47 Å². The summed E-state index contributed by atoms with van der Waals surface area (Å²) in [6.07, 6.45) is 0.357. The van der Waals surface area contributed by atoms with Crippen molar-refractivity contribution in [3.63, 3.8) is 0 Å². The molecule has 0 amide bonds. The summed E-state index contributed by atoms with van der Waals surface area (Å²) in [5.41, 5.74) is 1.52. The topological polar surface area (TPSA) is 35.5 Å². The van der Waals surface area contributed by atoms with E-state index in [-0.39, 0.29) is 5.78 Å². The fraction of sp³-hybridized carbons (Fsp3) is 0.133. The Kier molecular flexibility index (Phi) is 2.52. The molecular weight excluding hydrogens is 228 g/mol. The number of benzene rings is 2. The number of carbonyl (C=O) groups is 1. The third-order valence-electron chi connectivity index (χ3n) is 3.03. The number of hydrogen-bond acceptors (Lipinski definition) is 3. The number of Topliss-reactive ketones (excluding diaryl/α,β-unsaturated/α-hetero) is 1. The lowest BCUT2D eigenvalue weighted by molar-refractivity contribution is 0.0993. The maximum Gasteiger partial charge on any atom is 0.171 e. The van der Waals surface area contributed by atoms with Gasteiger partial charge in [-0.25, -0.2) is 0 Å². The summed E-state index contributed by atoms with van der Waals surface area (Å²) in [5, 5.41) is 0. The number of methoxy groups -OCH3 is 1. The van der Waals surface area contributed by atoms with Crippen molar-refractivity contribution in [1.82, 2.24) is 0 Å². The molecule has 1 aliphatic heterocycles. The van der Waals surface area contributed by atoms with Crippen LogP contribution >= 0.6 is 0 Å². The van der Waals surface area contributed by atoms with Crippen LogP contribution in [0.1, 0.15) is 15.9 Å². The van der Waals surface area contributed by atoms with E-state index in [9.17, 15) is 4.79 Å². The quantitative estimate of drug-likeness (QED) is 0.767. The summed E-state index contributed by atoms with van der Waals surface area (Å²) in [7, 11) is 1.61. The van der Waals surface area contributed by atoms with Crippen LogP contribution in [0.25, 0.3) is 0 Å². The Hall–Kier alpha value is -2.29. The maximum absolute atomic E-state index is 12.1. The molecule has 0 atom stereocenters. The molecule has 90 valence electrons. The smallest absolute Gasteiger partial charge is 0.171 e. The van der Waals surface area contributed by atoms with Crippen LogP contribution in [0.4, 0.5) is 0 Å². The number of carbonyl (C=O) groups excluding carboxylic acids is 1. The Bertz CT molecular complexity index is 617. The molecular formula is C15H12O3. The van der Waals surface area contributed by atoms with Gasteiger partial charge in [0.15, 0.2) is 5.78 Å². The first-order valence-corrected chi connectivity index (χ1v) is 5.75. The third-order valence-corrected chi connectivity index (χ3v) is 3.03. The maximum atomic E-state index is 12.1. The lowest BCUT2D eigenvalue weighted by atomic mass is 10.0. The van der Waals surface area contributed by atoms with Crippen molar-refractivity contribution in [2.45, 2.75) is 6.42 Å². The van der Waals surface area contributed by atoms with Crippen molar-refractivity contribution in [1.29, 1.82) is 0 Å². The number of ketones is 1. The van der Waals surface area contributed by atoms with E-state index in [0.717, 1.165) is 11.3 Å². The summed E-state index contributed by atoms with van der Waals surface area (Å²) in [6, 6.07) is 12.8. The Morgan fingerprint density at radius 3 is 2.78 bits per heavy atom. The summed E-state index contributed by atoms with van der Waals surface area (Å²) >= 11 is 0. The van der Waals surface area contributed by atoms with Gasteiger partial charge in [0.25, 0.3) is 0 Å². The van der Waals surface area contributed by atoms with Crippen molar-refractivity contribution in [2.24, 2.45) is 0 Å². The van der Waals surface area contributed by atoms with Crippen LogP contribution in [0.2, 0.25) is 0 Å². The number of para-hydroxylation sites is 1. The van der Waals surface area contributed by atoms with Gasteiger partial charge in [0.1, 0.15) is 17.2 Å².